The van der Waals surface area contributed by atoms with Crippen LogP contribution in [0, 0.1) is 0 Å². The summed E-state index contributed by atoms with van der Waals surface area (Å²) >= 11 is 0. The van der Waals surface area contributed by atoms with Gasteiger partial charge in [-0.2, -0.15) is 0 Å². The minimum absolute atomic E-state index is 0.337. The highest BCUT2D eigenvalue weighted by atomic mass is 16.5. The number of nitrogens with zero attached hydrogens (tertiary/aromatic N) is 3. The Balaban J connectivity index is 1.47. The molecule has 0 spiro atoms. The lowest BCUT2D eigenvalue weighted by Gasteiger charge is -2.11. The van der Waals surface area contributed by atoms with E-state index >= 15 is 0 Å². The summed E-state index contributed by atoms with van der Waals surface area (Å²) < 4.78 is 16.2. The Labute approximate surface area is 176 Å². The zero-order valence-corrected chi connectivity index (χ0v) is 17.7. The van der Waals surface area contributed by atoms with Crippen LogP contribution in [0.4, 0.5) is 0 Å². The van der Waals surface area contributed by atoms with Crippen molar-refractivity contribution in [2.75, 3.05) is 14.2 Å². The molecule has 158 valence electrons. The molecule has 8 nitrogen and oxygen atoms in total. The van der Waals surface area contributed by atoms with Crippen molar-refractivity contribution in [3.63, 3.8) is 0 Å². The van der Waals surface area contributed by atoms with E-state index < -0.39 is 0 Å². The molecule has 0 saturated heterocycles. The van der Waals surface area contributed by atoms with E-state index in [0.717, 1.165) is 22.8 Å². The van der Waals surface area contributed by atoms with Crippen molar-refractivity contribution >= 4 is 5.96 Å². The molecule has 0 amide bonds. The summed E-state index contributed by atoms with van der Waals surface area (Å²) in [6.07, 6.45) is 1.77. The van der Waals surface area contributed by atoms with Crippen molar-refractivity contribution in [2.24, 2.45) is 4.99 Å². The van der Waals surface area contributed by atoms with E-state index in [1.165, 1.54) is 0 Å². The molecule has 3 rings (SSSR count). The first-order chi connectivity index (χ1) is 14.6. The van der Waals surface area contributed by atoms with Crippen LogP contribution in [0.15, 0.2) is 58.2 Å². The first-order valence-electron chi connectivity index (χ1n) is 9.74. The Morgan fingerprint density at radius 1 is 1.07 bits per heavy atom. The summed E-state index contributed by atoms with van der Waals surface area (Å²) in [5.74, 6) is 3.77. The molecule has 2 aromatic heterocycles. The number of hydrogen-bond acceptors (Lipinski definition) is 6. The van der Waals surface area contributed by atoms with Crippen LogP contribution in [0.2, 0.25) is 0 Å². The standard InChI is InChI=1S/C22H27N5O3/c1-15(2)20-11-19(30-27-20)14-26-22(23-3)25-13-16-5-10-21(24-12-16)29-18-8-6-17(28-4)7-9-18/h5-12,15H,13-14H2,1-4H3,(H2,23,25,26). The molecule has 0 fully saturated rings. The van der Waals surface area contributed by atoms with Crippen LogP contribution in [0.5, 0.6) is 17.4 Å². The van der Waals surface area contributed by atoms with Gasteiger partial charge in [-0.25, -0.2) is 4.98 Å². The van der Waals surface area contributed by atoms with E-state index in [-0.39, 0.29) is 0 Å². The highest BCUT2D eigenvalue weighted by Crippen LogP contribution is 2.22. The summed E-state index contributed by atoms with van der Waals surface area (Å²) in [6, 6.07) is 13.1. The molecular weight excluding hydrogens is 382 g/mol. The molecule has 3 aromatic rings. The molecule has 2 heterocycles. The number of aromatic nitrogens is 2. The maximum atomic E-state index is 5.75. The molecule has 1 aromatic carbocycles. The van der Waals surface area contributed by atoms with E-state index in [1.54, 1.807) is 20.4 Å². The van der Waals surface area contributed by atoms with Crippen molar-refractivity contribution < 1.29 is 14.0 Å². The van der Waals surface area contributed by atoms with Crippen LogP contribution in [0.25, 0.3) is 0 Å². The number of rotatable bonds is 8. The average molecular weight is 409 g/mol. The Morgan fingerprint density at radius 3 is 2.40 bits per heavy atom. The third-order valence-corrected chi connectivity index (χ3v) is 4.36. The van der Waals surface area contributed by atoms with E-state index in [1.807, 2.05) is 42.5 Å². The van der Waals surface area contributed by atoms with Gasteiger partial charge in [0.15, 0.2) is 11.7 Å². The number of ether oxygens (including phenoxy) is 2. The van der Waals surface area contributed by atoms with Gasteiger partial charge in [-0.15, -0.1) is 0 Å². The monoisotopic (exact) mass is 409 g/mol. The molecule has 0 radical (unpaired) electrons. The predicted octanol–water partition coefficient (Wildman–Crippen LogP) is 3.86. The first kappa shape index (κ1) is 21.2. The molecule has 0 unspecified atom stereocenters. The number of aliphatic imine (C=N–C) groups is 1. The lowest BCUT2D eigenvalue weighted by atomic mass is 10.1. The Kier molecular flexibility index (Phi) is 7.26. The van der Waals surface area contributed by atoms with Gasteiger partial charge >= 0.3 is 0 Å². The molecule has 30 heavy (non-hydrogen) atoms. The number of guanidine groups is 1. The van der Waals surface area contributed by atoms with Crippen LogP contribution >= 0.6 is 0 Å². The van der Waals surface area contributed by atoms with Crippen molar-refractivity contribution in [1.29, 1.82) is 0 Å². The van der Waals surface area contributed by atoms with Gasteiger partial charge in [-0.3, -0.25) is 4.99 Å². The van der Waals surface area contributed by atoms with Gasteiger partial charge in [-0.1, -0.05) is 25.1 Å². The maximum Gasteiger partial charge on any atom is 0.219 e. The molecule has 0 aliphatic rings. The summed E-state index contributed by atoms with van der Waals surface area (Å²) in [4.78, 5) is 8.58. The van der Waals surface area contributed by atoms with Gasteiger partial charge < -0.3 is 24.6 Å². The van der Waals surface area contributed by atoms with E-state index in [0.29, 0.717) is 36.6 Å². The van der Waals surface area contributed by atoms with Gasteiger partial charge in [0, 0.05) is 31.9 Å². The summed E-state index contributed by atoms with van der Waals surface area (Å²) in [5, 5.41) is 10.5. The summed E-state index contributed by atoms with van der Waals surface area (Å²) in [5.41, 5.74) is 1.94. The molecule has 0 aliphatic heterocycles. The highest BCUT2D eigenvalue weighted by Gasteiger charge is 2.08. The molecule has 8 heteroatoms. The second kappa shape index (κ2) is 10.3. The van der Waals surface area contributed by atoms with Crippen LogP contribution < -0.4 is 20.1 Å². The number of benzene rings is 1. The van der Waals surface area contributed by atoms with E-state index in [4.69, 9.17) is 14.0 Å². The lowest BCUT2D eigenvalue weighted by molar-refractivity contribution is 0.372. The van der Waals surface area contributed by atoms with Gasteiger partial charge in [0.1, 0.15) is 11.5 Å². The second-order valence-electron chi connectivity index (χ2n) is 6.93. The SMILES string of the molecule is CN=C(NCc1ccc(Oc2ccc(OC)cc2)nc1)NCc1cc(C(C)C)no1. The largest absolute Gasteiger partial charge is 0.497 e. The normalized spacial score (nSPS) is 11.4. The van der Waals surface area contributed by atoms with Crippen molar-refractivity contribution in [3.05, 3.63) is 65.7 Å². The third kappa shape index (κ3) is 5.97. The molecular formula is C22H27N5O3. The van der Waals surface area contributed by atoms with Crippen LogP contribution in [-0.4, -0.2) is 30.3 Å². The van der Waals surface area contributed by atoms with Crippen molar-refractivity contribution in [2.45, 2.75) is 32.9 Å². The van der Waals surface area contributed by atoms with Gasteiger partial charge in [0.05, 0.1) is 19.3 Å². The Hall–Kier alpha value is -3.55. The van der Waals surface area contributed by atoms with Gasteiger partial charge in [0.25, 0.3) is 0 Å². The number of nitrogens with one attached hydrogen (secondary N) is 2. The van der Waals surface area contributed by atoms with E-state index in [2.05, 4.69) is 39.6 Å². The van der Waals surface area contributed by atoms with Crippen LogP contribution in [0.3, 0.4) is 0 Å². The molecule has 0 aliphatic carbocycles. The molecule has 0 saturated carbocycles. The van der Waals surface area contributed by atoms with Gasteiger partial charge in [0.2, 0.25) is 5.88 Å². The van der Waals surface area contributed by atoms with Crippen molar-refractivity contribution in [3.8, 4) is 17.4 Å². The average Bonchev–Trinajstić information content (AvgIpc) is 3.25. The smallest absolute Gasteiger partial charge is 0.219 e. The lowest BCUT2D eigenvalue weighted by Crippen LogP contribution is -2.36. The third-order valence-electron chi connectivity index (χ3n) is 4.36. The fraction of sp³-hybridized carbons (Fsp3) is 0.318. The summed E-state index contributed by atoms with van der Waals surface area (Å²) in [7, 11) is 3.35. The zero-order valence-electron chi connectivity index (χ0n) is 17.7. The highest BCUT2D eigenvalue weighted by molar-refractivity contribution is 5.79. The fourth-order valence-corrected chi connectivity index (χ4v) is 2.60. The second-order valence-corrected chi connectivity index (χ2v) is 6.93. The van der Waals surface area contributed by atoms with Crippen LogP contribution in [0.1, 0.15) is 36.8 Å². The first-order valence-corrected chi connectivity index (χ1v) is 9.74. The maximum absolute atomic E-state index is 5.75. The topological polar surface area (TPSA) is 93.8 Å². The minimum atomic E-state index is 0.337. The minimum Gasteiger partial charge on any atom is -0.497 e. The van der Waals surface area contributed by atoms with Crippen LogP contribution in [-0.2, 0) is 13.1 Å². The quantitative estimate of drug-likeness (QED) is 0.431. The number of hydrogen-bond donors (Lipinski definition) is 2. The van der Waals surface area contributed by atoms with E-state index in [9.17, 15) is 0 Å². The fourth-order valence-electron chi connectivity index (χ4n) is 2.60. The molecule has 2 N–H and O–H groups in total. The number of methoxy groups -OCH3 is 1. The summed E-state index contributed by atoms with van der Waals surface area (Å²) in [6.45, 7) is 5.24. The number of pyridine rings is 1. The van der Waals surface area contributed by atoms with Gasteiger partial charge in [-0.05, 0) is 35.7 Å². The molecule has 0 atom stereocenters. The molecule has 0 bridgehead atoms. The Morgan fingerprint density at radius 2 is 1.80 bits per heavy atom. The predicted molar refractivity (Wildman–Crippen MR) is 115 cm³/mol. The Bertz CT molecular complexity index is 950. The van der Waals surface area contributed by atoms with Crippen molar-refractivity contribution in [1.82, 2.24) is 20.8 Å². The zero-order chi connectivity index (χ0) is 21.3.